The van der Waals surface area contributed by atoms with E-state index in [1.165, 1.54) is 0 Å². The number of carbonyl (C=O) groups excluding carboxylic acids is 3. The van der Waals surface area contributed by atoms with Gasteiger partial charge in [0.05, 0.1) is 22.5 Å². The first kappa shape index (κ1) is 48.3. The molecule has 0 unspecified atom stereocenters. The molecule has 2 saturated carbocycles. The van der Waals surface area contributed by atoms with E-state index in [2.05, 4.69) is 10.0 Å². The summed E-state index contributed by atoms with van der Waals surface area (Å²) in [5, 5.41) is 2.93. The molecule has 12 nitrogen and oxygen atoms in total. The lowest BCUT2D eigenvalue weighted by Gasteiger charge is -2.34. The normalized spacial score (nSPS) is 25.4. The summed E-state index contributed by atoms with van der Waals surface area (Å²) in [6, 6.07) is 5.03. The van der Waals surface area contributed by atoms with Gasteiger partial charge in [0.15, 0.2) is 0 Å². The highest BCUT2D eigenvalue weighted by Crippen LogP contribution is 2.47. The monoisotopic (exact) mass is 808 g/mol. The van der Waals surface area contributed by atoms with Crippen molar-refractivity contribution in [3.8, 4) is 6.01 Å². The number of nitrogens with two attached hydrogens (primary N) is 1. The molecule has 1 saturated heterocycles. The molecule has 4 N–H and O–H groups in total. The van der Waals surface area contributed by atoms with Crippen molar-refractivity contribution in [3.63, 3.8) is 0 Å². The van der Waals surface area contributed by atoms with Gasteiger partial charge in [-0.3, -0.25) is 23.7 Å². The van der Waals surface area contributed by atoms with Crippen LogP contribution in [0.1, 0.15) is 91.5 Å². The smallest absolute Gasteiger partial charge is 0.298 e. The van der Waals surface area contributed by atoms with Crippen molar-refractivity contribution in [1.82, 2.24) is 24.5 Å². The van der Waals surface area contributed by atoms with Crippen molar-refractivity contribution in [2.45, 2.75) is 114 Å². The molecule has 27 heteroatoms. The summed E-state index contributed by atoms with van der Waals surface area (Å²) in [7, 11) is 40.2. The number of nitrogen functional groups attached to an aromatic ring is 1. The Morgan fingerprint density at radius 1 is 1.00 bits per heavy atom. The minimum atomic E-state index is -3.91. The van der Waals surface area contributed by atoms with E-state index in [0.29, 0.717) is 36.5 Å². The maximum absolute atomic E-state index is 14.1. The van der Waals surface area contributed by atoms with Gasteiger partial charge in [0.1, 0.15) is 23.2 Å². The molecule has 2 aromatic rings. The average molecular weight is 806 g/mol. The van der Waals surface area contributed by atoms with Crippen LogP contribution in [0.25, 0.3) is 11.0 Å². The van der Waals surface area contributed by atoms with Crippen molar-refractivity contribution >= 4 is 145 Å². The Labute approximate surface area is 369 Å². The first-order chi connectivity index (χ1) is 28.0. The lowest BCUT2D eigenvalue weighted by atomic mass is 8.47. The Bertz CT molecular complexity index is 1990. The van der Waals surface area contributed by atoms with Crippen molar-refractivity contribution in [2.75, 3.05) is 12.3 Å². The van der Waals surface area contributed by atoms with Gasteiger partial charge in [-0.2, -0.15) is 4.98 Å². The van der Waals surface area contributed by atoms with Crippen LogP contribution in [0, 0.1) is 11.8 Å². The molecule has 3 fully saturated rings. The lowest BCUT2D eigenvalue weighted by Crippen LogP contribution is -2.72. The molecule has 1 aromatic heterocycles. The van der Waals surface area contributed by atoms with E-state index in [9.17, 15) is 22.8 Å². The first-order valence-corrected chi connectivity index (χ1v) is 22.4. The van der Waals surface area contributed by atoms with Crippen LogP contribution in [0.2, 0.25) is 0 Å². The number of rotatable bonds is 11. The van der Waals surface area contributed by atoms with Gasteiger partial charge >= 0.3 is 0 Å². The van der Waals surface area contributed by atoms with Crippen LogP contribution in [-0.2, 0) is 24.4 Å². The second-order valence-corrected chi connectivity index (χ2v) is 19.8. The van der Waals surface area contributed by atoms with Crippen molar-refractivity contribution in [1.29, 1.82) is 0 Å². The quantitative estimate of drug-likeness (QED) is 0.137. The van der Waals surface area contributed by atoms with Crippen LogP contribution >= 0.6 is 0 Å². The molecule has 6 rings (SSSR count). The second-order valence-electron chi connectivity index (χ2n) is 17.6. The first-order valence-electron chi connectivity index (χ1n) is 20.9. The van der Waals surface area contributed by atoms with Gasteiger partial charge in [-0.05, 0) is 71.4 Å². The van der Waals surface area contributed by atoms with Crippen LogP contribution in [0.4, 0.5) is 5.69 Å². The van der Waals surface area contributed by atoms with E-state index in [-0.39, 0.29) is 43.2 Å². The van der Waals surface area contributed by atoms with Crippen LogP contribution in [0.15, 0.2) is 30.4 Å². The molecule has 292 valence electrons. The maximum Gasteiger partial charge on any atom is 0.298 e. The van der Waals surface area contributed by atoms with Gasteiger partial charge in [-0.15, -0.1) is 0 Å². The summed E-state index contributed by atoms with van der Waals surface area (Å²) >= 11 is 0. The number of para-hydroxylation sites is 1. The topological polar surface area (TPSA) is 166 Å². The summed E-state index contributed by atoms with van der Waals surface area (Å²) in [6.45, 7) is 7.71. The molecule has 60 heavy (non-hydrogen) atoms. The average Bonchev–Trinajstić information content (AvgIpc) is 3.97. The molecule has 2 aliphatic heterocycles. The number of nitrogens with zero attached hydrogens (tertiary/aromatic N) is 3. The molecule has 4 aliphatic rings. The van der Waals surface area contributed by atoms with Gasteiger partial charge in [-0.1, -0.05) is 38.0 Å². The number of hydrogen-bond donors (Lipinski definition) is 3. The zero-order valence-corrected chi connectivity index (χ0v) is 36.0. The van der Waals surface area contributed by atoms with Crippen molar-refractivity contribution in [2.24, 2.45) is 11.8 Å². The second kappa shape index (κ2) is 19.4. The highest BCUT2D eigenvalue weighted by molar-refractivity contribution is 8.10. The molecular weight excluding hydrogens is 760 g/mol. The molecule has 5 atom stereocenters. The molecule has 3 amide bonds. The minimum absolute atomic E-state index is 0.00557. The van der Waals surface area contributed by atoms with Gasteiger partial charge in [0.2, 0.25) is 21.8 Å². The third-order valence-electron chi connectivity index (χ3n) is 12.5. The van der Waals surface area contributed by atoms with Crippen molar-refractivity contribution in [3.05, 3.63) is 30.4 Å². The summed E-state index contributed by atoms with van der Waals surface area (Å²) < 4.78 is 35.7. The SMILES string of the molecule is CC(C)n1c(O[C@@H]2C[C@H]3C(=O)N[C@]4(C(=O)NS(=O)(=O)C5(C)CC5)C[C@H]4/C=C\CCCCC[C@H](C)C(=O)N3C2)nc2c(N)cccc21.[B]B([B])B(B([B])[B])B(B([B])[B])B([B])[B]. The van der Waals surface area contributed by atoms with E-state index in [1.807, 2.05) is 49.6 Å². The van der Waals surface area contributed by atoms with Crippen LogP contribution in [-0.4, -0.2) is 170 Å². The minimum Gasteiger partial charge on any atom is -0.459 e. The van der Waals surface area contributed by atoms with Crippen molar-refractivity contribution < 1.29 is 27.5 Å². The molecule has 3 heterocycles. The molecule has 0 spiro atoms. The summed E-state index contributed by atoms with van der Waals surface area (Å²) in [5.41, 5.74) is 6.79. The summed E-state index contributed by atoms with van der Waals surface area (Å²) in [4.78, 5) is 47.9. The molecule has 1 aromatic carbocycles. The van der Waals surface area contributed by atoms with E-state index in [4.69, 9.17) is 77.4 Å². The number of allylic oxidation sites excluding steroid dienone is 1. The Morgan fingerprint density at radius 2 is 1.62 bits per heavy atom. The number of anilines is 1. The fraction of sp³-hybridized carbons (Fsp3) is 0.636. The number of carbonyl (C=O) groups is 3. The molecule has 2 aliphatic carbocycles. The Hall–Kier alpha value is -2.70. The highest BCUT2D eigenvalue weighted by Gasteiger charge is 2.63. The number of amides is 3. The Morgan fingerprint density at radius 3 is 2.18 bits per heavy atom. The third kappa shape index (κ3) is 10.6. The molecule has 16 radical (unpaired) electrons. The van der Waals surface area contributed by atoms with E-state index < -0.39 is 82.6 Å². The number of benzene rings is 1. The Kier molecular flexibility index (Phi) is 15.6. The van der Waals surface area contributed by atoms with Gasteiger partial charge in [-0.25, -0.2) is 8.42 Å². The van der Waals surface area contributed by atoms with Gasteiger partial charge in [0, 0.05) is 125 Å². The fourth-order valence-electron chi connectivity index (χ4n) is 8.39. The molecular formula is C33H46B14N6O6S. The Balaban J connectivity index is 0.000000419. The predicted octanol–water partition coefficient (Wildman–Crippen LogP) is -1.75. The lowest BCUT2D eigenvalue weighted by molar-refractivity contribution is -0.142. The predicted molar refractivity (Wildman–Crippen MR) is 255 cm³/mol. The fourth-order valence-corrected chi connectivity index (χ4v) is 9.70. The summed E-state index contributed by atoms with van der Waals surface area (Å²) in [5.74, 6) is -2.02. The number of sulfonamides is 1. The van der Waals surface area contributed by atoms with E-state index >= 15 is 0 Å². The number of nitrogens with one attached hydrogen (secondary N) is 2. The zero-order chi connectivity index (χ0) is 44.5. The van der Waals surface area contributed by atoms with Gasteiger partial charge < -0.3 is 20.7 Å². The largest absolute Gasteiger partial charge is 0.459 e. The third-order valence-corrected chi connectivity index (χ3v) is 14.6. The molecule has 0 bridgehead atoms. The summed E-state index contributed by atoms with van der Waals surface area (Å²) in [6.07, 6.45) is 5.02. The number of aromatic nitrogens is 2. The maximum atomic E-state index is 14.1. The number of ether oxygens (including phenoxy) is 1. The van der Waals surface area contributed by atoms with E-state index in [0.717, 1.165) is 31.2 Å². The number of imidazole rings is 1. The number of hydrogen-bond acceptors (Lipinski definition) is 8. The standard InChI is InChI=1S/C33H46N6O6S.B14/c1-20(2)39-25-14-10-13-24(34)27(25)35-31(39)45-23-17-26-28(40)36-33(30(42)37-46(43,44)32(4)15-16-32)18-22(33)12-9-7-5-6-8-11-21(3)29(41)38(26)19-23;1-9(2)13(10(3)4)14(11(5)6)12(7)8/h9-10,12-14,20-23,26H,5-8,11,15-19,34H2,1-4H3,(H,36,40)(H,37,42);/b12-9-;/t21-,22+,23+,26-,33+;/m0./s1. The van der Waals surface area contributed by atoms with Crippen LogP contribution in [0.5, 0.6) is 6.01 Å². The van der Waals surface area contributed by atoms with Gasteiger partial charge in [0.25, 0.3) is 11.9 Å². The van der Waals surface area contributed by atoms with Crippen LogP contribution in [0.3, 0.4) is 0 Å². The highest BCUT2D eigenvalue weighted by atomic mass is 32.2. The van der Waals surface area contributed by atoms with E-state index in [1.54, 1.807) is 17.9 Å². The van der Waals surface area contributed by atoms with Crippen LogP contribution < -0.4 is 20.5 Å². The zero-order valence-electron chi connectivity index (χ0n) is 35.2. The number of fused-ring (bicyclic) bond motifs is 3.